The van der Waals surface area contributed by atoms with Crippen molar-refractivity contribution >= 4 is 27.3 Å². The minimum absolute atomic E-state index is 0.0394. The molecule has 2 aromatic rings. The summed E-state index contributed by atoms with van der Waals surface area (Å²) < 4.78 is 66.8. The van der Waals surface area contributed by atoms with E-state index in [0.717, 1.165) is 29.8 Å². The molecule has 2 aliphatic rings. The van der Waals surface area contributed by atoms with Crippen molar-refractivity contribution in [2.24, 2.45) is 0 Å². The van der Waals surface area contributed by atoms with Gasteiger partial charge in [-0.25, -0.2) is 8.42 Å². The average molecular weight is 482 g/mol. The minimum Gasteiger partial charge on any atom is -0.369 e. The smallest absolute Gasteiger partial charge is 0.369 e. The molecule has 0 spiro atoms. The third-order valence-corrected chi connectivity index (χ3v) is 8.02. The number of carbonyl (C=O) groups is 1. The van der Waals surface area contributed by atoms with Crippen molar-refractivity contribution in [2.45, 2.75) is 37.3 Å². The molecule has 0 saturated carbocycles. The zero-order valence-electron chi connectivity index (χ0n) is 18.3. The monoisotopic (exact) mass is 481 g/mol. The molecule has 2 aliphatic heterocycles. The molecule has 10 heteroatoms. The number of piperazine rings is 1. The predicted molar refractivity (Wildman–Crippen MR) is 120 cm³/mol. The number of nitrogens with zero attached hydrogens (tertiary/aromatic N) is 3. The van der Waals surface area contributed by atoms with Crippen molar-refractivity contribution in [2.75, 3.05) is 42.5 Å². The van der Waals surface area contributed by atoms with Crippen LogP contribution in [0.15, 0.2) is 47.4 Å². The maximum Gasteiger partial charge on any atom is 0.416 e. The predicted octanol–water partition coefficient (Wildman–Crippen LogP) is 3.91. The molecule has 178 valence electrons. The fraction of sp³-hybridized carbons (Fsp3) is 0.435. The average Bonchev–Trinajstić information content (AvgIpc) is 3.22. The maximum absolute atomic E-state index is 13.2. The lowest BCUT2D eigenvalue weighted by Crippen LogP contribution is -2.48. The standard InChI is InChI=1S/C23H26F3N3O3S/c1-2-4-22(30)29-10-9-17-15-20(7-8-21(17)29)33(31,32)28-13-11-27(12-14-28)19-6-3-5-18(16-19)23(24,25)26/h3,5-8,15-16H,2,4,9-14H2,1H3. The van der Waals surface area contributed by atoms with Gasteiger partial charge >= 0.3 is 6.18 Å². The lowest BCUT2D eigenvalue weighted by molar-refractivity contribution is -0.137. The van der Waals surface area contributed by atoms with Crippen LogP contribution in [0.3, 0.4) is 0 Å². The fourth-order valence-electron chi connectivity index (χ4n) is 4.36. The van der Waals surface area contributed by atoms with Crippen LogP contribution in [-0.4, -0.2) is 51.4 Å². The SMILES string of the molecule is CCCC(=O)N1CCc2cc(S(=O)(=O)N3CCN(c4cccc(C(F)(F)F)c4)CC3)ccc21. The summed E-state index contributed by atoms with van der Waals surface area (Å²) in [6.07, 6.45) is -2.61. The van der Waals surface area contributed by atoms with Crippen LogP contribution in [0.4, 0.5) is 24.5 Å². The second kappa shape index (κ2) is 8.98. The highest BCUT2D eigenvalue weighted by Crippen LogP contribution is 2.33. The van der Waals surface area contributed by atoms with Crippen molar-refractivity contribution < 1.29 is 26.4 Å². The molecule has 0 radical (unpaired) electrons. The van der Waals surface area contributed by atoms with Crippen LogP contribution < -0.4 is 9.80 Å². The van der Waals surface area contributed by atoms with Gasteiger partial charge in [0.2, 0.25) is 15.9 Å². The van der Waals surface area contributed by atoms with Crippen molar-refractivity contribution in [3.05, 3.63) is 53.6 Å². The van der Waals surface area contributed by atoms with E-state index >= 15 is 0 Å². The molecular formula is C23H26F3N3O3S. The summed E-state index contributed by atoms with van der Waals surface area (Å²) in [5.41, 5.74) is 1.31. The number of carbonyl (C=O) groups excluding carboxylic acids is 1. The van der Waals surface area contributed by atoms with Crippen LogP contribution >= 0.6 is 0 Å². The Morgan fingerprint density at radius 3 is 2.39 bits per heavy atom. The van der Waals surface area contributed by atoms with Crippen molar-refractivity contribution in [1.82, 2.24) is 4.31 Å². The van der Waals surface area contributed by atoms with Crippen LogP contribution in [0.25, 0.3) is 0 Å². The van der Waals surface area contributed by atoms with Gasteiger partial charge in [0, 0.05) is 50.5 Å². The third-order valence-electron chi connectivity index (χ3n) is 6.13. The van der Waals surface area contributed by atoms with Crippen LogP contribution in [0.5, 0.6) is 0 Å². The number of anilines is 2. The Morgan fingerprint density at radius 1 is 1.00 bits per heavy atom. The van der Waals surface area contributed by atoms with E-state index < -0.39 is 21.8 Å². The van der Waals surface area contributed by atoms with E-state index in [0.29, 0.717) is 38.2 Å². The van der Waals surface area contributed by atoms with Gasteiger partial charge in [0.15, 0.2) is 0 Å². The molecule has 33 heavy (non-hydrogen) atoms. The van der Waals surface area contributed by atoms with Gasteiger partial charge in [-0.1, -0.05) is 13.0 Å². The first-order valence-corrected chi connectivity index (χ1v) is 12.4. The van der Waals surface area contributed by atoms with Gasteiger partial charge in [0.05, 0.1) is 10.5 Å². The molecule has 1 saturated heterocycles. The highest BCUT2D eigenvalue weighted by Gasteiger charge is 2.33. The van der Waals surface area contributed by atoms with E-state index in [1.807, 2.05) is 6.92 Å². The summed E-state index contributed by atoms with van der Waals surface area (Å²) in [6.45, 7) is 3.44. The van der Waals surface area contributed by atoms with Gasteiger partial charge in [-0.15, -0.1) is 0 Å². The Balaban J connectivity index is 1.46. The summed E-state index contributed by atoms with van der Waals surface area (Å²) in [5, 5.41) is 0. The van der Waals surface area contributed by atoms with Crippen molar-refractivity contribution in [1.29, 1.82) is 0 Å². The van der Waals surface area contributed by atoms with E-state index in [4.69, 9.17) is 0 Å². The Kier molecular flexibility index (Phi) is 6.41. The van der Waals surface area contributed by atoms with Gasteiger partial charge in [-0.2, -0.15) is 17.5 Å². The number of benzene rings is 2. The number of hydrogen-bond donors (Lipinski definition) is 0. The van der Waals surface area contributed by atoms with Crippen molar-refractivity contribution in [3.63, 3.8) is 0 Å². The Hall–Kier alpha value is -2.59. The first kappa shape index (κ1) is 23.6. The van der Waals surface area contributed by atoms with Crippen LogP contribution in [0.2, 0.25) is 0 Å². The van der Waals surface area contributed by atoms with Gasteiger partial charge in [0.1, 0.15) is 0 Å². The maximum atomic E-state index is 13.2. The lowest BCUT2D eigenvalue weighted by atomic mass is 10.1. The zero-order chi connectivity index (χ0) is 23.8. The van der Waals surface area contributed by atoms with Gasteiger partial charge in [-0.05, 0) is 54.8 Å². The first-order valence-electron chi connectivity index (χ1n) is 11.0. The summed E-state index contributed by atoms with van der Waals surface area (Å²) >= 11 is 0. The van der Waals surface area contributed by atoms with Gasteiger partial charge in [0.25, 0.3) is 0 Å². The molecule has 4 rings (SSSR count). The van der Waals surface area contributed by atoms with Crippen LogP contribution in [0.1, 0.15) is 30.9 Å². The van der Waals surface area contributed by atoms with Crippen LogP contribution in [-0.2, 0) is 27.4 Å². The van der Waals surface area contributed by atoms with Gasteiger partial charge in [-0.3, -0.25) is 4.79 Å². The topological polar surface area (TPSA) is 60.9 Å². The van der Waals surface area contributed by atoms with E-state index in [-0.39, 0.29) is 23.9 Å². The third kappa shape index (κ3) is 4.72. The molecule has 6 nitrogen and oxygen atoms in total. The Labute approximate surface area is 191 Å². The zero-order valence-corrected chi connectivity index (χ0v) is 19.1. The highest BCUT2D eigenvalue weighted by atomic mass is 32.2. The normalized spacial score (nSPS) is 17.3. The van der Waals surface area contributed by atoms with E-state index in [9.17, 15) is 26.4 Å². The lowest BCUT2D eigenvalue weighted by Gasteiger charge is -2.35. The fourth-order valence-corrected chi connectivity index (χ4v) is 5.83. The molecule has 0 bridgehead atoms. The first-order chi connectivity index (χ1) is 15.6. The molecule has 2 aromatic carbocycles. The second-order valence-electron chi connectivity index (χ2n) is 8.28. The van der Waals surface area contributed by atoms with E-state index in [1.54, 1.807) is 28.0 Å². The number of alkyl halides is 3. The molecule has 0 unspecified atom stereocenters. The minimum atomic E-state index is -4.43. The molecular weight excluding hydrogens is 455 g/mol. The molecule has 1 fully saturated rings. The molecule has 0 aromatic heterocycles. The van der Waals surface area contributed by atoms with E-state index in [2.05, 4.69) is 0 Å². The highest BCUT2D eigenvalue weighted by molar-refractivity contribution is 7.89. The Bertz CT molecular complexity index is 1140. The largest absolute Gasteiger partial charge is 0.416 e. The second-order valence-corrected chi connectivity index (χ2v) is 10.2. The number of rotatable bonds is 5. The molecule has 0 N–H and O–H groups in total. The quantitative estimate of drug-likeness (QED) is 0.650. The molecule has 0 atom stereocenters. The van der Waals surface area contributed by atoms with Crippen LogP contribution in [0, 0.1) is 0 Å². The summed E-state index contributed by atoms with van der Waals surface area (Å²) in [5.74, 6) is 0.0394. The number of fused-ring (bicyclic) bond motifs is 1. The summed E-state index contributed by atoms with van der Waals surface area (Å²) in [4.78, 5) is 15.9. The molecule has 1 amide bonds. The number of halogens is 3. The Morgan fingerprint density at radius 2 is 1.73 bits per heavy atom. The number of hydrogen-bond acceptors (Lipinski definition) is 4. The van der Waals surface area contributed by atoms with Gasteiger partial charge < -0.3 is 9.80 Å². The summed E-state index contributed by atoms with van der Waals surface area (Å²) in [7, 11) is -3.75. The molecule has 2 heterocycles. The summed E-state index contributed by atoms with van der Waals surface area (Å²) in [6, 6.07) is 9.95. The molecule has 0 aliphatic carbocycles. The van der Waals surface area contributed by atoms with Crippen molar-refractivity contribution in [3.8, 4) is 0 Å². The van der Waals surface area contributed by atoms with E-state index in [1.165, 1.54) is 16.4 Å². The number of sulfonamides is 1. The number of amides is 1.